The number of benzene rings is 2. The highest BCUT2D eigenvalue weighted by molar-refractivity contribution is 6.05. The third kappa shape index (κ3) is 5.13. The summed E-state index contributed by atoms with van der Waals surface area (Å²) < 4.78 is 0. The summed E-state index contributed by atoms with van der Waals surface area (Å²) in [6.45, 7) is 7.28. The number of anilines is 1. The van der Waals surface area contributed by atoms with E-state index in [1.807, 2.05) is 11.8 Å². The number of hydrazone groups is 1. The third-order valence-electron chi connectivity index (χ3n) is 6.17. The molecule has 1 N–H and O–H groups in total. The molecule has 2 amide bonds. The van der Waals surface area contributed by atoms with E-state index in [0.29, 0.717) is 12.8 Å². The van der Waals surface area contributed by atoms with Gasteiger partial charge < -0.3 is 9.80 Å². The van der Waals surface area contributed by atoms with Gasteiger partial charge in [-0.05, 0) is 36.6 Å². The molecule has 2 aliphatic heterocycles. The van der Waals surface area contributed by atoms with Crippen LogP contribution in [0.4, 0.5) is 5.69 Å². The molecule has 0 radical (unpaired) electrons. The first-order chi connectivity index (χ1) is 15.0. The Bertz CT molecular complexity index is 958. The van der Waals surface area contributed by atoms with E-state index in [1.54, 1.807) is 0 Å². The second-order valence-corrected chi connectivity index (χ2v) is 8.54. The first kappa shape index (κ1) is 21.1. The molecular weight excluding hydrogens is 388 g/mol. The molecule has 4 rings (SSSR count). The number of aryl methyl sites for hydroxylation is 2. The van der Waals surface area contributed by atoms with Crippen LogP contribution in [0.2, 0.25) is 0 Å². The molecule has 0 unspecified atom stereocenters. The molecule has 1 fully saturated rings. The Morgan fingerprint density at radius 3 is 2.35 bits per heavy atom. The van der Waals surface area contributed by atoms with Gasteiger partial charge in [-0.25, -0.2) is 5.43 Å². The predicted octanol–water partition coefficient (Wildman–Crippen LogP) is 3.14. The Morgan fingerprint density at radius 1 is 1.03 bits per heavy atom. The standard InChI is InChI=1S/C25H30N4O2/c1-18-3-5-20(6-4-18)7-12-24(31)29-15-13-28(14-16-29)22-10-8-21(9-11-22)25-19(2)17-23(30)26-27-25/h3-6,8-11,19H,7,12-17H2,1-2H3,(H,26,30)/t19-/m0/s1. The van der Waals surface area contributed by atoms with E-state index >= 15 is 0 Å². The molecule has 1 saturated heterocycles. The van der Waals surface area contributed by atoms with Gasteiger partial charge in [-0.1, -0.05) is 48.9 Å². The molecule has 2 aliphatic rings. The first-order valence-electron chi connectivity index (χ1n) is 11.0. The van der Waals surface area contributed by atoms with Gasteiger partial charge >= 0.3 is 0 Å². The number of piperazine rings is 1. The highest BCUT2D eigenvalue weighted by Crippen LogP contribution is 2.22. The lowest BCUT2D eigenvalue weighted by Crippen LogP contribution is -2.48. The van der Waals surface area contributed by atoms with Crippen LogP contribution in [-0.4, -0.2) is 48.6 Å². The van der Waals surface area contributed by atoms with Gasteiger partial charge in [0.2, 0.25) is 11.8 Å². The van der Waals surface area contributed by atoms with E-state index in [1.165, 1.54) is 11.1 Å². The van der Waals surface area contributed by atoms with Crippen molar-refractivity contribution in [1.29, 1.82) is 0 Å². The summed E-state index contributed by atoms with van der Waals surface area (Å²) in [6, 6.07) is 16.8. The van der Waals surface area contributed by atoms with Gasteiger partial charge in [-0.15, -0.1) is 0 Å². The normalized spacial score (nSPS) is 19.1. The van der Waals surface area contributed by atoms with Crippen LogP contribution in [0.25, 0.3) is 0 Å². The number of carbonyl (C=O) groups is 2. The zero-order valence-corrected chi connectivity index (χ0v) is 18.3. The molecule has 6 nitrogen and oxygen atoms in total. The molecule has 0 aliphatic carbocycles. The van der Waals surface area contributed by atoms with Crippen molar-refractivity contribution in [2.24, 2.45) is 11.0 Å². The second kappa shape index (κ2) is 9.33. The van der Waals surface area contributed by atoms with Gasteiger partial charge in [0.15, 0.2) is 0 Å². The van der Waals surface area contributed by atoms with Crippen molar-refractivity contribution >= 4 is 23.2 Å². The number of carbonyl (C=O) groups excluding carboxylic acids is 2. The van der Waals surface area contributed by atoms with E-state index in [0.717, 1.165) is 49.6 Å². The number of hydrogen-bond donors (Lipinski definition) is 1. The van der Waals surface area contributed by atoms with Crippen molar-refractivity contribution in [3.63, 3.8) is 0 Å². The van der Waals surface area contributed by atoms with E-state index in [9.17, 15) is 9.59 Å². The molecule has 2 aromatic rings. The number of rotatable bonds is 5. The number of hydrogen-bond acceptors (Lipinski definition) is 4. The minimum atomic E-state index is -0.0286. The lowest BCUT2D eigenvalue weighted by Gasteiger charge is -2.36. The lowest BCUT2D eigenvalue weighted by atomic mass is 9.94. The molecule has 2 heterocycles. The highest BCUT2D eigenvalue weighted by atomic mass is 16.2. The summed E-state index contributed by atoms with van der Waals surface area (Å²) in [5, 5.41) is 4.24. The topological polar surface area (TPSA) is 65.0 Å². The molecule has 0 aromatic heterocycles. The molecule has 2 aromatic carbocycles. The Balaban J connectivity index is 1.29. The molecule has 6 heteroatoms. The van der Waals surface area contributed by atoms with Gasteiger partial charge in [0.1, 0.15) is 0 Å². The van der Waals surface area contributed by atoms with E-state index < -0.39 is 0 Å². The van der Waals surface area contributed by atoms with Crippen LogP contribution in [0.1, 0.15) is 36.5 Å². The van der Waals surface area contributed by atoms with Gasteiger partial charge in [-0.3, -0.25) is 9.59 Å². The average molecular weight is 419 g/mol. The number of amides is 2. The maximum atomic E-state index is 12.6. The Morgan fingerprint density at radius 2 is 1.71 bits per heavy atom. The third-order valence-corrected chi connectivity index (χ3v) is 6.17. The largest absolute Gasteiger partial charge is 0.368 e. The Kier molecular flexibility index (Phi) is 6.35. The van der Waals surface area contributed by atoms with Gasteiger partial charge in [0, 0.05) is 50.6 Å². The maximum absolute atomic E-state index is 12.6. The highest BCUT2D eigenvalue weighted by Gasteiger charge is 2.23. The van der Waals surface area contributed by atoms with E-state index in [4.69, 9.17) is 0 Å². The van der Waals surface area contributed by atoms with Crippen LogP contribution >= 0.6 is 0 Å². The monoisotopic (exact) mass is 418 g/mol. The molecule has 162 valence electrons. The fourth-order valence-corrected chi connectivity index (χ4v) is 4.22. The quantitative estimate of drug-likeness (QED) is 0.811. The first-order valence-corrected chi connectivity index (χ1v) is 11.0. The molecular formula is C25H30N4O2. The fourth-order valence-electron chi connectivity index (χ4n) is 4.22. The molecule has 0 spiro atoms. The summed E-state index contributed by atoms with van der Waals surface area (Å²) in [6.07, 6.45) is 1.83. The lowest BCUT2D eigenvalue weighted by molar-refractivity contribution is -0.131. The van der Waals surface area contributed by atoms with Crippen molar-refractivity contribution < 1.29 is 9.59 Å². The molecule has 0 bridgehead atoms. The van der Waals surface area contributed by atoms with Crippen LogP contribution in [0.3, 0.4) is 0 Å². The summed E-state index contributed by atoms with van der Waals surface area (Å²) >= 11 is 0. The van der Waals surface area contributed by atoms with Gasteiger partial charge in [0.05, 0.1) is 5.71 Å². The zero-order valence-electron chi connectivity index (χ0n) is 18.3. The zero-order chi connectivity index (χ0) is 21.8. The summed E-state index contributed by atoms with van der Waals surface area (Å²) in [4.78, 5) is 28.4. The fraction of sp³-hybridized carbons (Fsp3) is 0.400. The van der Waals surface area contributed by atoms with Crippen LogP contribution in [0.5, 0.6) is 0 Å². The van der Waals surface area contributed by atoms with Gasteiger partial charge in [-0.2, -0.15) is 5.10 Å². The van der Waals surface area contributed by atoms with Crippen molar-refractivity contribution in [3.8, 4) is 0 Å². The Hall–Kier alpha value is -3.15. The van der Waals surface area contributed by atoms with Crippen LogP contribution in [0, 0.1) is 12.8 Å². The van der Waals surface area contributed by atoms with Crippen molar-refractivity contribution in [1.82, 2.24) is 10.3 Å². The number of nitrogens with zero attached hydrogens (tertiary/aromatic N) is 3. The summed E-state index contributed by atoms with van der Waals surface area (Å²) in [7, 11) is 0. The van der Waals surface area contributed by atoms with Crippen molar-refractivity contribution in [2.75, 3.05) is 31.1 Å². The maximum Gasteiger partial charge on any atom is 0.240 e. The summed E-state index contributed by atoms with van der Waals surface area (Å²) in [5.41, 5.74) is 8.16. The Labute approximate surface area is 183 Å². The minimum Gasteiger partial charge on any atom is -0.368 e. The van der Waals surface area contributed by atoms with E-state index in [2.05, 4.69) is 70.9 Å². The smallest absolute Gasteiger partial charge is 0.240 e. The van der Waals surface area contributed by atoms with Crippen molar-refractivity contribution in [2.45, 2.75) is 33.1 Å². The molecule has 31 heavy (non-hydrogen) atoms. The van der Waals surface area contributed by atoms with E-state index in [-0.39, 0.29) is 17.7 Å². The van der Waals surface area contributed by atoms with Crippen molar-refractivity contribution in [3.05, 3.63) is 65.2 Å². The summed E-state index contributed by atoms with van der Waals surface area (Å²) in [5.74, 6) is 0.329. The van der Waals surface area contributed by atoms with Gasteiger partial charge in [0.25, 0.3) is 0 Å². The van der Waals surface area contributed by atoms with Crippen LogP contribution in [0.15, 0.2) is 53.6 Å². The minimum absolute atomic E-state index is 0.0286. The average Bonchev–Trinajstić information content (AvgIpc) is 2.79. The molecule has 1 atom stereocenters. The van der Waals surface area contributed by atoms with Crippen LogP contribution < -0.4 is 10.3 Å². The van der Waals surface area contributed by atoms with Crippen LogP contribution in [-0.2, 0) is 16.0 Å². The number of nitrogens with one attached hydrogen (secondary N) is 1. The molecule has 0 saturated carbocycles. The second-order valence-electron chi connectivity index (χ2n) is 8.54. The SMILES string of the molecule is Cc1ccc(CCC(=O)N2CCN(c3ccc(C4=NNC(=O)C[C@@H]4C)cc3)CC2)cc1. The predicted molar refractivity (Wildman–Crippen MR) is 123 cm³/mol.